The van der Waals surface area contributed by atoms with Gasteiger partial charge in [0.2, 0.25) is 0 Å². The van der Waals surface area contributed by atoms with Crippen LogP contribution < -0.4 is 0 Å². The van der Waals surface area contributed by atoms with Crippen molar-refractivity contribution in [3.63, 3.8) is 0 Å². The number of benzene rings is 1. The largest absolute Gasteiger partial charge is 0.455 e. The predicted molar refractivity (Wildman–Crippen MR) is 106 cm³/mol. The third-order valence-corrected chi connectivity index (χ3v) is 7.04. The van der Waals surface area contributed by atoms with Gasteiger partial charge in [-0.2, -0.15) is 8.42 Å². The van der Waals surface area contributed by atoms with Crippen molar-refractivity contribution in [1.82, 2.24) is 9.80 Å². The fourth-order valence-corrected chi connectivity index (χ4v) is 5.39. The normalized spacial score (nSPS) is 23.3. The molecule has 1 atom stereocenters. The molecule has 0 N–H and O–H groups in total. The number of piperidine rings is 2. The summed E-state index contributed by atoms with van der Waals surface area (Å²) < 4.78 is 33.8. The van der Waals surface area contributed by atoms with Gasteiger partial charge in [-0.25, -0.2) is 0 Å². The maximum atomic E-state index is 12.5. The molecule has 3 aliphatic rings. The Kier molecular flexibility index (Phi) is 5.58. The summed E-state index contributed by atoms with van der Waals surface area (Å²) in [5, 5.41) is 0. The molecule has 2 fully saturated rings. The standard InChI is InChI=1S/C20H25N3O5S/c24-18(22-10-4-1-5-11-22)14-28-20(25)15-7-6-12-23(13-15)19-16-8-2-3-9-17(16)29(26,27)21-19/h2-3,8-9,15H,1,4-7,10-14H2/t15-/m0/s1. The molecule has 3 heterocycles. The number of hydrogen-bond acceptors (Lipinski definition) is 6. The zero-order valence-corrected chi connectivity index (χ0v) is 17.1. The molecule has 0 spiro atoms. The van der Waals surface area contributed by atoms with Crippen molar-refractivity contribution in [1.29, 1.82) is 0 Å². The van der Waals surface area contributed by atoms with E-state index in [1.54, 1.807) is 29.2 Å². The Bertz CT molecular complexity index is 937. The molecule has 9 heteroatoms. The Balaban J connectivity index is 1.39. The van der Waals surface area contributed by atoms with E-state index in [9.17, 15) is 18.0 Å². The van der Waals surface area contributed by atoms with Crippen LogP contribution in [0.15, 0.2) is 33.6 Å². The fraction of sp³-hybridized carbons (Fsp3) is 0.550. The monoisotopic (exact) mass is 419 g/mol. The van der Waals surface area contributed by atoms with Crippen LogP contribution in [0.3, 0.4) is 0 Å². The van der Waals surface area contributed by atoms with Crippen LogP contribution in [0.25, 0.3) is 0 Å². The van der Waals surface area contributed by atoms with Gasteiger partial charge in [0.05, 0.1) is 5.92 Å². The summed E-state index contributed by atoms with van der Waals surface area (Å²) in [6.07, 6.45) is 4.48. The number of fused-ring (bicyclic) bond motifs is 1. The highest BCUT2D eigenvalue weighted by Crippen LogP contribution is 2.30. The molecule has 8 nitrogen and oxygen atoms in total. The summed E-state index contributed by atoms with van der Waals surface area (Å²) in [7, 11) is -3.70. The van der Waals surface area contributed by atoms with E-state index < -0.39 is 21.9 Å². The smallest absolute Gasteiger partial charge is 0.311 e. The average molecular weight is 420 g/mol. The molecule has 3 aliphatic heterocycles. The van der Waals surface area contributed by atoms with E-state index in [-0.39, 0.29) is 17.4 Å². The molecule has 1 aromatic rings. The molecule has 0 bridgehead atoms. The minimum atomic E-state index is -3.70. The molecule has 1 amide bonds. The molecular weight excluding hydrogens is 394 g/mol. The van der Waals surface area contributed by atoms with Gasteiger partial charge in [-0.1, -0.05) is 12.1 Å². The lowest BCUT2D eigenvalue weighted by Crippen LogP contribution is -2.44. The number of hydrogen-bond donors (Lipinski definition) is 0. The molecular formula is C20H25N3O5S. The highest BCUT2D eigenvalue weighted by molar-refractivity contribution is 7.90. The molecule has 156 valence electrons. The lowest BCUT2D eigenvalue weighted by Gasteiger charge is -2.33. The number of esters is 1. The quantitative estimate of drug-likeness (QED) is 0.687. The van der Waals surface area contributed by atoms with Crippen LogP contribution in [-0.2, 0) is 24.3 Å². The molecule has 29 heavy (non-hydrogen) atoms. The Morgan fingerprint density at radius 1 is 1.07 bits per heavy atom. The lowest BCUT2D eigenvalue weighted by atomic mass is 9.97. The Morgan fingerprint density at radius 3 is 2.62 bits per heavy atom. The maximum absolute atomic E-state index is 12.5. The second-order valence-electron chi connectivity index (χ2n) is 7.72. The van der Waals surface area contributed by atoms with Crippen molar-refractivity contribution >= 4 is 27.7 Å². The predicted octanol–water partition coefficient (Wildman–Crippen LogP) is 1.40. The van der Waals surface area contributed by atoms with Gasteiger partial charge in [-0.15, -0.1) is 4.40 Å². The van der Waals surface area contributed by atoms with E-state index in [0.29, 0.717) is 30.9 Å². The van der Waals surface area contributed by atoms with E-state index in [4.69, 9.17) is 4.74 Å². The molecule has 4 rings (SSSR count). The first-order valence-electron chi connectivity index (χ1n) is 10.1. The molecule has 0 saturated carbocycles. The summed E-state index contributed by atoms with van der Waals surface area (Å²) in [6, 6.07) is 6.72. The van der Waals surface area contributed by atoms with Crippen molar-refractivity contribution in [3.8, 4) is 0 Å². The van der Waals surface area contributed by atoms with Crippen molar-refractivity contribution < 1.29 is 22.7 Å². The molecule has 0 radical (unpaired) electrons. The van der Waals surface area contributed by atoms with E-state index in [2.05, 4.69) is 4.40 Å². The van der Waals surface area contributed by atoms with Gasteiger partial charge < -0.3 is 14.5 Å². The van der Waals surface area contributed by atoms with E-state index in [1.807, 2.05) is 4.90 Å². The number of carbonyl (C=O) groups excluding carboxylic acids is 2. The first-order chi connectivity index (χ1) is 14.0. The second-order valence-corrected chi connectivity index (χ2v) is 9.29. The van der Waals surface area contributed by atoms with E-state index in [0.717, 1.165) is 38.8 Å². The Labute approximate surface area is 170 Å². The summed E-state index contributed by atoms with van der Waals surface area (Å²) in [4.78, 5) is 28.5. The summed E-state index contributed by atoms with van der Waals surface area (Å²) in [5.74, 6) is -0.570. The van der Waals surface area contributed by atoms with Gasteiger partial charge in [0.15, 0.2) is 12.4 Å². The van der Waals surface area contributed by atoms with Crippen LogP contribution in [0.1, 0.15) is 37.7 Å². The molecule has 1 aromatic carbocycles. The van der Waals surface area contributed by atoms with Crippen molar-refractivity contribution in [2.24, 2.45) is 10.3 Å². The van der Waals surface area contributed by atoms with Crippen molar-refractivity contribution in [2.45, 2.75) is 37.0 Å². The Morgan fingerprint density at radius 2 is 1.83 bits per heavy atom. The number of amides is 1. The highest BCUT2D eigenvalue weighted by atomic mass is 32.2. The minimum Gasteiger partial charge on any atom is -0.455 e. The van der Waals surface area contributed by atoms with Gasteiger partial charge >= 0.3 is 5.97 Å². The molecule has 2 saturated heterocycles. The number of amidine groups is 1. The van der Waals surface area contributed by atoms with Gasteiger partial charge in [0.1, 0.15) is 4.90 Å². The number of nitrogens with zero attached hydrogens (tertiary/aromatic N) is 3. The first kappa shape index (κ1) is 19.9. The summed E-state index contributed by atoms with van der Waals surface area (Å²) >= 11 is 0. The van der Waals surface area contributed by atoms with Crippen LogP contribution >= 0.6 is 0 Å². The highest BCUT2D eigenvalue weighted by Gasteiger charge is 2.35. The third kappa shape index (κ3) is 4.14. The third-order valence-electron chi connectivity index (χ3n) is 5.71. The van der Waals surface area contributed by atoms with Gasteiger partial charge in [0.25, 0.3) is 15.9 Å². The lowest BCUT2D eigenvalue weighted by molar-refractivity contribution is -0.156. The van der Waals surface area contributed by atoms with Crippen molar-refractivity contribution in [3.05, 3.63) is 29.8 Å². The second kappa shape index (κ2) is 8.14. The summed E-state index contributed by atoms with van der Waals surface area (Å²) in [5.41, 5.74) is 0.571. The SMILES string of the molecule is O=C(OCC(=O)N1CCCCC1)[C@H]1CCCN(C2=NS(=O)(=O)c3ccccc32)C1. The van der Waals surface area contributed by atoms with Gasteiger partial charge in [-0.05, 0) is 44.2 Å². The molecule has 0 unspecified atom stereocenters. The maximum Gasteiger partial charge on any atom is 0.311 e. The average Bonchev–Trinajstić information content (AvgIpc) is 3.04. The van der Waals surface area contributed by atoms with Crippen molar-refractivity contribution in [2.75, 3.05) is 32.8 Å². The van der Waals surface area contributed by atoms with Crippen LogP contribution in [-0.4, -0.2) is 68.7 Å². The molecule has 0 aromatic heterocycles. The van der Waals surface area contributed by atoms with E-state index in [1.165, 1.54) is 0 Å². The fourth-order valence-electron chi connectivity index (χ4n) is 4.16. The number of sulfonamides is 1. The van der Waals surface area contributed by atoms with E-state index >= 15 is 0 Å². The zero-order chi connectivity index (χ0) is 20.4. The number of likely N-dealkylation sites (tertiary alicyclic amines) is 2. The van der Waals surface area contributed by atoms with Crippen LogP contribution in [0, 0.1) is 5.92 Å². The van der Waals surface area contributed by atoms with Gasteiger partial charge in [-0.3, -0.25) is 9.59 Å². The van der Waals surface area contributed by atoms with Crippen LogP contribution in [0.4, 0.5) is 0 Å². The van der Waals surface area contributed by atoms with Gasteiger partial charge in [0, 0.05) is 31.7 Å². The van der Waals surface area contributed by atoms with Crippen LogP contribution in [0.2, 0.25) is 0 Å². The Hall–Kier alpha value is -2.42. The summed E-state index contributed by atoms with van der Waals surface area (Å²) in [6.45, 7) is 2.18. The first-order valence-corrected chi connectivity index (χ1v) is 11.5. The number of carbonyl (C=O) groups is 2. The minimum absolute atomic E-state index is 0.147. The zero-order valence-electron chi connectivity index (χ0n) is 16.2. The number of rotatable bonds is 3. The topological polar surface area (TPSA) is 96.3 Å². The molecule has 0 aliphatic carbocycles. The van der Waals surface area contributed by atoms with Crippen LogP contribution in [0.5, 0.6) is 0 Å². The number of ether oxygens (including phenoxy) is 1.